The molecule has 0 amide bonds. The summed E-state index contributed by atoms with van der Waals surface area (Å²) < 4.78 is 0. The van der Waals surface area contributed by atoms with Crippen LogP contribution in [0.1, 0.15) is 63.6 Å². The predicted molar refractivity (Wildman–Crippen MR) is 88.3 cm³/mol. The number of benzene rings is 1. The third kappa shape index (κ3) is 3.63. The average Bonchev–Trinajstić information content (AvgIpc) is 2.91. The minimum absolute atomic E-state index is 0.414. The summed E-state index contributed by atoms with van der Waals surface area (Å²) in [5, 5.41) is 3.66. The van der Waals surface area contributed by atoms with Gasteiger partial charge in [-0.25, -0.2) is 0 Å². The van der Waals surface area contributed by atoms with Gasteiger partial charge in [-0.15, -0.1) is 0 Å². The van der Waals surface area contributed by atoms with Crippen LogP contribution in [0, 0.1) is 5.41 Å². The summed E-state index contributed by atoms with van der Waals surface area (Å²) >= 11 is 0. The van der Waals surface area contributed by atoms with Crippen LogP contribution in [0.15, 0.2) is 18.2 Å². The van der Waals surface area contributed by atoms with Crippen molar-refractivity contribution < 1.29 is 0 Å². The molecule has 1 N–H and O–H groups in total. The first kappa shape index (κ1) is 15.6. The second kappa shape index (κ2) is 6.76. The van der Waals surface area contributed by atoms with Crippen molar-refractivity contribution in [2.24, 2.45) is 5.41 Å². The van der Waals surface area contributed by atoms with Crippen LogP contribution in [0.2, 0.25) is 0 Å². The van der Waals surface area contributed by atoms with E-state index in [2.05, 4.69) is 51.2 Å². The van der Waals surface area contributed by atoms with Gasteiger partial charge in [0.15, 0.2) is 0 Å². The summed E-state index contributed by atoms with van der Waals surface area (Å²) in [6, 6.07) is 7.81. The Hall–Kier alpha value is -0.820. The molecule has 0 saturated heterocycles. The molecule has 0 atom stereocenters. The summed E-state index contributed by atoms with van der Waals surface area (Å²) in [6.45, 7) is 10.3. The molecule has 1 aliphatic rings. The van der Waals surface area contributed by atoms with Gasteiger partial charge in [0, 0.05) is 12.6 Å². The third-order valence-electron chi connectivity index (χ3n) is 5.13. The van der Waals surface area contributed by atoms with Gasteiger partial charge in [0.25, 0.3) is 0 Å². The normalized spacial score (nSPS) is 14.8. The average molecular weight is 273 g/mol. The molecule has 0 unspecified atom stereocenters. The lowest BCUT2D eigenvalue weighted by molar-refractivity contribution is 0.239. The molecule has 112 valence electrons. The van der Waals surface area contributed by atoms with Gasteiger partial charge in [0.2, 0.25) is 0 Å². The maximum absolute atomic E-state index is 3.66. The first-order valence-corrected chi connectivity index (χ1v) is 8.42. The Morgan fingerprint density at radius 2 is 1.80 bits per heavy atom. The van der Waals surface area contributed by atoms with Crippen molar-refractivity contribution in [2.45, 2.75) is 72.3 Å². The van der Waals surface area contributed by atoms with Crippen LogP contribution in [0.25, 0.3) is 0 Å². The third-order valence-corrected chi connectivity index (χ3v) is 5.13. The van der Waals surface area contributed by atoms with E-state index in [4.69, 9.17) is 0 Å². The van der Waals surface area contributed by atoms with Crippen molar-refractivity contribution in [2.75, 3.05) is 6.54 Å². The highest BCUT2D eigenvalue weighted by Gasteiger charge is 2.27. The molecule has 1 aliphatic carbocycles. The number of aryl methyl sites for hydroxylation is 2. The Morgan fingerprint density at radius 3 is 2.45 bits per heavy atom. The SMILES string of the molecule is CCC(CC)(CNC(C)C)Cc1ccc2c(c1)CCC2. The van der Waals surface area contributed by atoms with Gasteiger partial charge in [-0.1, -0.05) is 45.9 Å². The molecule has 0 aliphatic heterocycles. The Morgan fingerprint density at radius 1 is 1.10 bits per heavy atom. The molecular weight excluding hydrogens is 242 g/mol. The van der Waals surface area contributed by atoms with E-state index in [1.165, 1.54) is 38.5 Å². The second-order valence-corrected chi connectivity index (χ2v) is 6.88. The topological polar surface area (TPSA) is 12.0 Å². The molecule has 0 bridgehead atoms. The van der Waals surface area contributed by atoms with E-state index in [0.29, 0.717) is 11.5 Å². The Labute approximate surface area is 125 Å². The molecule has 1 aromatic rings. The van der Waals surface area contributed by atoms with Crippen LogP contribution in [-0.4, -0.2) is 12.6 Å². The van der Waals surface area contributed by atoms with Crippen LogP contribution in [0.5, 0.6) is 0 Å². The molecule has 2 rings (SSSR count). The van der Waals surface area contributed by atoms with Gasteiger partial charge < -0.3 is 5.32 Å². The fourth-order valence-corrected chi connectivity index (χ4v) is 3.40. The van der Waals surface area contributed by atoms with Crippen LogP contribution in [0.3, 0.4) is 0 Å². The van der Waals surface area contributed by atoms with E-state index >= 15 is 0 Å². The van der Waals surface area contributed by atoms with Crippen molar-refractivity contribution >= 4 is 0 Å². The zero-order valence-corrected chi connectivity index (χ0v) is 13.8. The molecule has 0 saturated carbocycles. The van der Waals surface area contributed by atoms with Crippen molar-refractivity contribution in [3.05, 3.63) is 34.9 Å². The smallest absolute Gasteiger partial charge is 0.00132 e. The number of fused-ring (bicyclic) bond motifs is 1. The summed E-state index contributed by atoms with van der Waals surface area (Å²) in [5.74, 6) is 0. The van der Waals surface area contributed by atoms with Gasteiger partial charge in [0.1, 0.15) is 0 Å². The van der Waals surface area contributed by atoms with Gasteiger partial charge >= 0.3 is 0 Å². The predicted octanol–water partition coefficient (Wildman–Crippen LogP) is 4.52. The highest BCUT2D eigenvalue weighted by atomic mass is 14.9. The quantitative estimate of drug-likeness (QED) is 0.770. The molecule has 1 heteroatoms. The lowest BCUT2D eigenvalue weighted by atomic mass is 9.76. The fourth-order valence-electron chi connectivity index (χ4n) is 3.40. The molecule has 0 fully saturated rings. The summed E-state index contributed by atoms with van der Waals surface area (Å²) in [5.41, 5.74) is 5.16. The maximum Gasteiger partial charge on any atom is 0.00132 e. The zero-order valence-electron chi connectivity index (χ0n) is 13.8. The van der Waals surface area contributed by atoms with E-state index in [9.17, 15) is 0 Å². The molecule has 1 aromatic carbocycles. The first-order chi connectivity index (χ1) is 9.58. The fraction of sp³-hybridized carbons (Fsp3) is 0.684. The second-order valence-electron chi connectivity index (χ2n) is 6.88. The first-order valence-electron chi connectivity index (χ1n) is 8.42. The lowest BCUT2D eigenvalue weighted by Gasteiger charge is -2.33. The minimum atomic E-state index is 0.414. The number of hydrogen-bond acceptors (Lipinski definition) is 1. The number of hydrogen-bond donors (Lipinski definition) is 1. The maximum atomic E-state index is 3.66. The van der Waals surface area contributed by atoms with Crippen LogP contribution >= 0.6 is 0 Å². The molecule has 1 nitrogen and oxygen atoms in total. The molecule has 0 spiro atoms. The van der Waals surface area contributed by atoms with Crippen molar-refractivity contribution in [1.29, 1.82) is 0 Å². The zero-order chi connectivity index (χ0) is 14.6. The Bertz CT molecular complexity index is 429. The van der Waals surface area contributed by atoms with Crippen LogP contribution in [0.4, 0.5) is 0 Å². The summed E-state index contributed by atoms with van der Waals surface area (Å²) in [6.07, 6.45) is 7.64. The molecular formula is C19H31N. The molecule has 0 radical (unpaired) electrons. The Kier molecular flexibility index (Phi) is 5.26. The molecule has 0 heterocycles. The number of rotatable bonds is 7. The van der Waals surface area contributed by atoms with E-state index < -0.39 is 0 Å². The van der Waals surface area contributed by atoms with E-state index in [-0.39, 0.29) is 0 Å². The molecule has 0 aromatic heterocycles. The van der Waals surface area contributed by atoms with E-state index in [1.807, 2.05) is 0 Å². The Balaban J connectivity index is 2.11. The van der Waals surface area contributed by atoms with Crippen molar-refractivity contribution in [3.8, 4) is 0 Å². The molecule has 20 heavy (non-hydrogen) atoms. The highest BCUT2D eigenvalue weighted by molar-refractivity contribution is 5.35. The van der Waals surface area contributed by atoms with E-state index in [0.717, 1.165) is 6.54 Å². The monoisotopic (exact) mass is 273 g/mol. The van der Waals surface area contributed by atoms with Gasteiger partial charge in [-0.3, -0.25) is 0 Å². The highest BCUT2D eigenvalue weighted by Crippen LogP contribution is 2.32. The largest absolute Gasteiger partial charge is 0.314 e. The standard InChI is InChI=1S/C19H31N/c1-5-19(6-2,14-20-15(3)4)13-16-10-11-17-8-7-9-18(17)12-16/h10-12,15,20H,5-9,13-14H2,1-4H3. The lowest BCUT2D eigenvalue weighted by Crippen LogP contribution is -2.38. The van der Waals surface area contributed by atoms with Gasteiger partial charge in [-0.2, -0.15) is 0 Å². The minimum Gasteiger partial charge on any atom is -0.314 e. The van der Waals surface area contributed by atoms with Crippen molar-refractivity contribution in [3.63, 3.8) is 0 Å². The van der Waals surface area contributed by atoms with Crippen LogP contribution in [-0.2, 0) is 19.3 Å². The summed E-state index contributed by atoms with van der Waals surface area (Å²) in [7, 11) is 0. The number of nitrogens with one attached hydrogen (secondary N) is 1. The summed E-state index contributed by atoms with van der Waals surface area (Å²) in [4.78, 5) is 0. The van der Waals surface area contributed by atoms with E-state index in [1.54, 1.807) is 16.7 Å². The van der Waals surface area contributed by atoms with Crippen LogP contribution < -0.4 is 5.32 Å². The van der Waals surface area contributed by atoms with Gasteiger partial charge in [-0.05, 0) is 60.6 Å². The van der Waals surface area contributed by atoms with Gasteiger partial charge in [0.05, 0.1) is 0 Å². The van der Waals surface area contributed by atoms with Crippen molar-refractivity contribution in [1.82, 2.24) is 5.32 Å².